The van der Waals surface area contributed by atoms with E-state index in [1.165, 1.54) is 12.1 Å². The molecule has 10 nitrogen and oxygen atoms in total. The minimum atomic E-state index is -5.19. The summed E-state index contributed by atoms with van der Waals surface area (Å²) in [7, 11) is -10.2. The molecule has 106 valence electrons. The van der Waals surface area contributed by atoms with Crippen LogP contribution in [0.2, 0.25) is 0 Å². The van der Waals surface area contributed by atoms with Gasteiger partial charge in [-0.15, -0.1) is 0 Å². The smallest absolute Gasteiger partial charge is 0.374 e. The molecule has 1 aromatic carbocycles. The van der Waals surface area contributed by atoms with Crippen molar-refractivity contribution in [2.75, 3.05) is 4.41 Å². The summed E-state index contributed by atoms with van der Waals surface area (Å²) < 4.78 is 60.3. The molecule has 0 bridgehead atoms. The van der Waals surface area contributed by atoms with Gasteiger partial charge in [0.25, 0.3) is 0 Å². The summed E-state index contributed by atoms with van der Waals surface area (Å²) in [4.78, 5) is 11.9. The molecule has 4 N–H and O–H groups in total. The first-order chi connectivity index (χ1) is 8.52. The Morgan fingerprint density at radius 3 is 2.05 bits per heavy atom. The minimum absolute atomic E-state index is 0.383. The standard InChI is InChI=1S/C7H8N2O8S2/c10-7(11)5-3-1-2-4-6(5)9(19(15,16)17)8-18(12,13)14/h1-4,8H,(H,10,11)(H,12,13,14)(H,15,16,17). The van der Waals surface area contributed by atoms with Crippen LogP contribution in [0.15, 0.2) is 24.3 Å². The van der Waals surface area contributed by atoms with Crippen LogP contribution in [0.1, 0.15) is 10.4 Å². The zero-order valence-corrected chi connectivity index (χ0v) is 10.6. The van der Waals surface area contributed by atoms with Crippen molar-refractivity contribution in [1.29, 1.82) is 0 Å². The quantitative estimate of drug-likeness (QED) is 0.410. The van der Waals surface area contributed by atoms with Gasteiger partial charge in [-0.3, -0.25) is 9.11 Å². The number of anilines is 1. The highest BCUT2D eigenvalue weighted by atomic mass is 32.2. The van der Waals surface area contributed by atoms with Crippen molar-refractivity contribution in [2.45, 2.75) is 0 Å². The van der Waals surface area contributed by atoms with Gasteiger partial charge in [0.2, 0.25) is 0 Å². The van der Waals surface area contributed by atoms with Crippen LogP contribution in [0.25, 0.3) is 0 Å². The van der Waals surface area contributed by atoms with Crippen molar-refractivity contribution in [3.8, 4) is 0 Å². The van der Waals surface area contributed by atoms with Gasteiger partial charge in [-0.2, -0.15) is 21.2 Å². The SMILES string of the molecule is O=C(O)c1ccccc1N(NS(=O)(=O)O)S(=O)(=O)O. The summed E-state index contributed by atoms with van der Waals surface area (Å²) in [6.07, 6.45) is 0. The lowest BCUT2D eigenvalue weighted by Crippen LogP contribution is -2.46. The molecule has 12 heteroatoms. The highest BCUT2D eigenvalue weighted by Crippen LogP contribution is 2.21. The van der Waals surface area contributed by atoms with Crippen molar-refractivity contribution in [2.24, 2.45) is 0 Å². The monoisotopic (exact) mass is 312 g/mol. The number of carbonyl (C=O) groups is 1. The van der Waals surface area contributed by atoms with E-state index in [9.17, 15) is 21.6 Å². The second kappa shape index (κ2) is 5.10. The first-order valence-corrected chi connectivity index (χ1v) is 7.21. The molecule has 0 aliphatic heterocycles. The molecule has 0 spiro atoms. The highest BCUT2D eigenvalue weighted by Gasteiger charge is 2.28. The van der Waals surface area contributed by atoms with E-state index in [0.29, 0.717) is 0 Å². The summed E-state index contributed by atoms with van der Waals surface area (Å²) in [5.41, 5.74) is -1.31. The van der Waals surface area contributed by atoms with Gasteiger partial charge < -0.3 is 5.11 Å². The molecule has 0 heterocycles. The molecule has 19 heavy (non-hydrogen) atoms. The van der Waals surface area contributed by atoms with Gasteiger partial charge in [-0.25, -0.2) is 4.79 Å². The second-order valence-corrected chi connectivity index (χ2v) is 5.52. The average molecular weight is 312 g/mol. The normalized spacial score (nSPS) is 12.1. The first-order valence-electron chi connectivity index (χ1n) is 4.37. The van der Waals surface area contributed by atoms with E-state index < -0.39 is 37.8 Å². The van der Waals surface area contributed by atoms with Crippen molar-refractivity contribution in [3.63, 3.8) is 0 Å². The van der Waals surface area contributed by atoms with Crippen LogP contribution in [0, 0.1) is 0 Å². The predicted molar refractivity (Wildman–Crippen MR) is 62.1 cm³/mol. The largest absolute Gasteiger partial charge is 0.478 e. The maximum atomic E-state index is 11.0. The van der Waals surface area contributed by atoms with Gasteiger partial charge in [-0.05, 0) is 12.1 Å². The molecule has 0 saturated heterocycles. The molecule has 0 fully saturated rings. The van der Waals surface area contributed by atoms with Gasteiger partial charge in [0.05, 0.1) is 11.3 Å². The molecule has 0 atom stereocenters. The fourth-order valence-corrected chi connectivity index (χ4v) is 2.53. The van der Waals surface area contributed by atoms with Crippen molar-refractivity contribution in [3.05, 3.63) is 29.8 Å². The summed E-state index contributed by atoms with van der Waals surface area (Å²) in [6.45, 7) is 0. The van der Waals surface area contributed by atoms with Gasteiger partial charge >= 0.3 is 26.6 Å². The maximum absolute atomic E-state index is 11.0. The van der Waals surface area contributed by atoms with Crippen LogP contribution < -0.4 is 9.25 Å². The van der Waals surface area contributed by atoms with Gasteiger partial charge in [0.15, 0.2) is 0 Å². The van der Waals surface area contributed by atoms with Gasteiger partial charge in [0, 0.05) is 0 Å². The lowest BCUT2D eigenvalue weighted by Gasteiger charge is -2.20. The number of carboxylic acid groups (broad SMARTS) is 1. The number of para-hydroxylation sites is 1. The van der Waals surface area contributed by atoms with Crippen molar-refractivity contribution in [1.82, 2.24) is 4.83 Å². The predicted octanol–water partition coefficient (Wildman–Crippen LogP) is -0.699. The molecule has 0 amide bonds. The Kier molecular flexibility index (Phi) is 4.12. The molecule has 0 aromatic heterocycles. The fraction of sp³-hybridized carbons (Fsp3) is 0. The zero-order chi connectivity index (χ0) is 14.8. The van der Waals surface area contributed by atoms with Crippen LogP contribution in [-0.2, 0) is 20.6 Å². The van der Waals surface area contributed by atoms with Crippen LogP contribution in [0.4, 0.5) is 5.69 Å². The molecular weight excluding hydrogens is 304 g/mol. The van der Waals surface area contributed by atoms with Crippen molar-refractivity contribution >= 4 is 32.3 Å². The van der Waals surface area contributed by atoms with E-state index in [4.69, 9.17) is 14.2 Å². The third kappa shape index (κ3) is 4.15. The molecule has 0 saturated carbocycles. The number of aromatic carboxylic acids is 1. The average Bonchev–Trinajstić information content (AvgIpc) is 2.23. The summed E-state index contributed by atoms with van der Waals surface area (Å²) >= 11 is 0. The topological polar surface area (TPSA) is 161 Å². The molecule has 0 aliphatic carbocycles. The summed E-state index contributed by atoms with van der Waals surface area (Å²) in [6, 6.07) is 4.34. The number of rotatable bonds is 5. The molecular formula is C7H8N2O8S2. The molecule has 0 unspecified atom stereocenters. The van der Waals surface area contributed by atoms with E-state index >= 15 is 0 Å². The lowest BCUT2D eigenvalue weighted by atomic mass is 10.2. The molecule has 0 aliphatic rings. The van der Waals surface area contributed by atoms with Crippen LogP contribution >= 0.6 is 0 Å². The molecule has 0 radical (unpaired) electrons. The van der Waals surface area contributed by atoms with E-state index in [1.54, 1.807) is 0 Å². The Morgan fingerprint density at radius 1 is 1.11 bits per heavy atom. The van der Waals surface area contributed by atoms with E-state index in [1.807, 2.05) is 0 Å². The third-order valence-corrected chi connectivity index (χ3v) is 3.06. The van der Waals surface area contributed by atoms with E-state index in [2.05, 4.69) is 0 Å². The molecule has 1 rings (SSSR count). The minimum Gasteiger partial charge on any atom is -0.478 e. The Balaban J connectivity index is 3.47. The Bertz CT molecular complexity index is 696. The lowest BCUT2D eigenvalue weighted by molar-refractivity contribution is 0.0697. The number of nitrogens with zero attached hydrogens (tertiary/aromatic N) is 1. The number of carboxylic acids is 1. The molecule has 1 aromatic rings. The fourth-order valence-electron chi connectivity index (χ4n) is 1.16. The number of hydrogen-bond donors (Lipinski definition) is 4. The number of hydrogen-bond acceptors (Lipinski definition) is 5. The summed E-state index contributed by atoms with van der Waals surface area (Å²) in [5, 5.41) is 8.84. The highest BCUT2D eigenvalue weighted by molar-refractivity contribution is 7.89. The first kappa shape index (κ1) is 15.3. The van der Waals surface area contributed by atoms with Crippen molar-refractivity contribution < 1.29 is 35.8 Å². The Labute approximate surface area is 108 Å². The third-order valence-electron chi connectivity index (χ3n) is 1.78. The maximum Gasteiger partial charge on any atom is 0.374 e. The van der Waals surface area contributed by atoms with Crippen LogP contribution in [-0.4, -0.2) is 37.0 Å². The number of hydrazine groups is 1. The zero-order valence-electron chi connectivity index (χ0n) is 8.96. The van der Waals surface area contributed by atoms with Crippen LogP contribution in [0.5, 0.6) is 0 Å². The van der Waals surface area contributed by atoms with Gasteiger partial charge in [-0.1, -0.05) is 17.0 Å². The van der Waals surface area contributed by atoms with E-state index in [-0.39, 0.29) is 4.41 Å². The summed E-state index contributed by atoms with van der Waals surface area (Å²) in [5.74, 6) is -1.57. The Hall–Kier alpha value is -1.73. The second-order valence-electron chi connectivity index (χ2n) is 3.13. The number of benzene rings is 1. The van der Waals surface area contributed by atoms with E-state index in [0.717, 1.165) is 17.0 Å². The number of nitrogens with one attached hydrogen (secondary N) is 1. The Morgan fingerprint density at radius 2 is 1.63 bits per heavy atom. The van der Waals surface area contributed by atoms with Gasteiger partial charge in [0.1, 0.15) is 0 Å². The van der Waals surface area contributed by atoms with Crippen LogP contribution in [0.3, 0.4) is 0 Å².